The van der Waals surface area contributed by atoms with Gasteiger partial charge in [0.05, 0.1) is 12.8 Å². The van der Waals surface area contributed by atoms with E-state index in [2.05, 4.69) is 27.6 Å². The van der Waals surface area contributed by atoms with E-state index in [0.717, 1.165) is 17.9 Å². The molecule has 4 nitrogen and oxygen atoms in total. The van der Waals surface area contributed by atoms with E-state index >= 15 is 0 Å². The summed E-state index contributed by atoms with van der Waals surface area (Å²) in [6, 6.07) is 10.2. The van der Waals surface area contributed by atoms with Crippen LogP contribution < -0.4 is 5.32 Å². The van der Waals surface area contributed by atoms with Crippen LogP contribution >= 0.6 is 0 Å². The van der Waals surface area contributed by atoms with Crippen molar-refractivity contribution in [2.75, 3.05) is 12.4 Å². The highest BCUT2D eigenvalue weighted by Crippen LogP contribution is 2.12. The number of nitrogens with one attached hydrogen (secondary N) is 1. The molecule has 1 heterocycles. The predicted octanol–water partition coefficient (Wildman–Crippen LogP) is 2.54. The molecule has 0 atom stereocenters. The molecule has 0 spiro atoms. The van der Waals surface area contributed by atoms with E-state index in [9.17, 15) is 0 Å². The quantitative estimate of drug-likeness (QED) is 0.876. The molecule has 0 saturated carbocycles. The van der Waals surface area contributed by atoms with E-state index in [-0.39, 0.29) is 0 Å². The number of nitrogens with zero attached hydrogens (tertiary/aromatic N) is 2. The molecular formula is C14H17N3O. The maximum absolute atomic E-state index is 5.18. The zero-order chi connectivity index (χ0) is 12.8. The molecule has 0 saturated heterocycles. The summed E-state index contributed by atoms with van der Waals surface area (Å²) in [7, 11) is 1.70. The van der Waals surface area contributed by atoms with Crippen LogP contribution in [0.25, 0.3) is 0 Å². The summed E-state index contributed by atoms with van der Waals surface area (Å²) in [6.45, 7) is 3.34. The van der Waals surface area contributed by atoms with E-state index in [1.54, 1.807) is 13.3 Å². The van der Waals surface area contributed by atoms with Gasteiger partial charge in [0, 0.05) is 13.7 Å². The standard InChI is InChI=1S/C14H17N3O/c1-11-7-14(17-16-8-11)15-9-12-5-3-4-6-13(12)10-18-2/h3-8H,9-10H2,1-2H3,(H,15,17). The van der Waals surface area contributed by atoms with Crippen LogP contribution in [0, 0.1) is 6.92 Å². The van der Waals surface area contributed by atoms with Gasteiger partial charge in [-0.15, -0.1) is 5.10 Å². The normalized spacial score (nSPS) is 10.3. The first-order valence-electron chi connectivity index (χ1n) is 5.88. The van der Waals surface area contributed by atoms with Gasteiger partial charge in [0.25, 0.3) is 0 Å². The van der Waals surface area contributed by atoms with Crippen LogP contribution in [0.4, 0.5) is 5.82 Å². The molecule has 0 aliphatic carbocycles. The summed E-state index contributed by atoms with van der Waals surface area (Å²) < 4.78 is 5.18. The number of aromatic nitrogens is 2. The Labute approximate surface area is 107 Å². The topological polar surface area (TPSA) is 47.0 Å². The first kappa shape index (κ1) is 12.5. The zero-order valence-corrected chi connectivity index (χ0v) is 10.7. The summed E-state index contributed by atoms with van der Waals surface area (Å²) in [5.41, 5.74) is 3.49. The average molecular weight is 243 g/mol. The van der Waals surface area contributed by atoms with Gasteiger partial charge in [0.15, 0.2) is 0 Å². The Hall–Kier alpha value is -1.94. The fraction of sp³-hybridized carbons (Fsp3) is 0.286. The summed E-state index contributed by atoms with van der Waals surface area (Å²) >= 11 is 0. The van der Waals surface area contributed by atoms with Crippen molar-refractivity contribution in [1.29, 1.82) is 0 Å². The molecule has 2 aromatic rings. The first-order valence-corrected chi connectivity index (χ1v) is 5.88. The molecule has 1 N–H and O–H groups in total. The van der Waals surface area contributed by atoms with Crippen molar-refractivity contribution in [2.24, 2.45) is 0 Å². The molecule has 4 heteroatoms. The summed E-state index contributed by atoms with van der Waals surface area (Å²) in [5.74, 6) is 0.794. The summed E-state index contributed by atoms with van der Waals surface area (Å²) in [5, 5.41) is 11.2. The fourth-order valence-electron chi connectivity index (χ4n) is 1.76. The van der Waals surface area contributed by atoms with Gasteiger partial charge in [0.2, 0.25) is 0 Å². The van der Waals surface area contributed by atoms with E-state index in [0.29, 0.717) is 6.61 Å². The minimum atomic E-state index is 0.622. The number of rotatable bonds is 5. The molecule has 0 radical (unpaired) electrons. The van der Waals surface area contributed by atoms with Crippen molar-refractivity contribution in [1.82, 2.24) is 10.2 Å². The van der Waals surface area contributed by atoms with Gasteiger partial charge < -0.3 is 10.1 Å². The molecule has 0 bridgehead atoms. The Kier molecular flexibility index (Phi) is 4.25. The van der Waals surface area contributed by atoms with Crippen molar-refractivity contribution >= 4 is 5.82 Å². The Balaban J connectivity index is 2.06. The second-order valence-corrected chi connectivity index (χ2v) is 4.17. The number of benzene rings is 1. The Morgan fingerprint density at radius 2 is 2.00 bits per heavy atom. The van der Waals surface area contributed by atoms with E-state index in [1.165, 1.54) is 11.1 Å². The van der Waals surface area contributed by atoms with Gasteiger partial charge in [-0.2, -0.15) is 5.10 Å². The molecule has 0 unspecified atom stereocenters. The number of aryl methyl sites for hydroxylation is 1. The molecule has 0 aliphatic heterocycles. The monoisotopic (exact) mass is 243 g/mol. The van der Waals surface area contributed by atoms with Crippen molar-refractivity contribution in [3.8, 4) is 0 Å². The third-order valence-electron chi connectivity index (χ3n) is 2.67. The highest BCUT2D eigenvalue weighted by atomic mass is 16.5. The van der Waals surface area contributed by atoms with Gasteiger partial charge in [-0.05, 0) is 29.7 Å². The minimum absolute atomic E-state index is 0.622. The lowest BCUT2D eigenvalue weighted by Gasteiger charge is -2.10. The van der Waals surface area contributed by atoms with Crippen LogP contribution in [0.5, 0.6) is 0 Å². The molecule has 1 aromatic heterocycles. The number of hydrogen-bond donors (Lipinski definition) is 1. The van der Waals surface area contributed by atoms with Gasteiger partial charge in [-0.3, -0.25) is 0 Å². The molecule has 0 aliphatic rings. The fourth-order valence-corrected chi connectivity index (χ4v) is 1.76. The highest BCUT2D eigenvalue weighted by Gasteiger charge is 2.02. The van der Waals surface area contributed by atoms with Crippen LogP contribution in [0.3, 0.4) is 0 Å². The third kappa shape index (κ3) is 3.28. The molecule has 18 heavy (non-hydrogen) atoms. The van der Waals surface area contributed by atoms with E-state index < -0.39 is 0 Å². The lowest BCUT2D eigenvalue weighted by atomic mass is 10.1. The maximum Gasteiger partial charge on any atom is 0.149 e. The molecule has 0 amide bonds. The molecule has 94 valence electrons. The van der Waals surface area contributed by atoms with Crippen molar-refractivity contribution < 1.29 is 4.74 Å². The van der Waals surface area contributed by atoms with Crippen molar-refractivity contribution in [3.63, 3.8) is 0 Å². The van der Waals surface area contributed by atoms with Crippen LogP contribution in [0.15, 0.2) is 36.5 Å². The number of anilines is 1. The van der Waals surface area contributed by atoms with Gasteiger partial charge in [-0.25, -0.2) is 0 Å². The second kappa shape index (κ2) is 6.12. The van der Waals surface area contributed by atoms with Crippen LogP contribution in [0.2, 0.25) is 0 Å². The zero-order valence-electron chi connectivity index (χ0n) is 10.7. The number of ether oxygens (including phenoxy) is 1. The van der Waals surface area contributed by atoms with Crippen LogP contribution in [0.1, 0.15) is 16.7 Å². The Morgan fingerprint density at radius 1 is 1.22 bits per heavy atom. The third-order valence-corrected chi connectivity index (χ3v) is 2.67. The van der Waals surface area contributed by atoms with Crippen LogP contribution in [-0.2, 0) is 17.9 Å². The average Bonchev–Trinajstić information content (AvgIpc) is 2.38. The van der Waals surface area contributed by atoms with E-state index in [1.807, 2.05) is 25.1 Å². The minimum Gasteiger partial charge on any atom is -0.380 e. The first-order chi connectivity index (χ1) is 8.79. The van der Waals surface area contributed by atoms with Crippen molar-refractivity contribution in [2.45, 2.75) is 20.1 Å². The second-order valence-electron chi connectivity index (χ2n) is 4.17. The molecule has 1 aromatic carbocycles. The number of methoxy groups -OCH3 is 1. The molecule has 2 rings (SSSR count). The largest absolute Gasteiger partial charge is 0.380 e. The Bertz CT molecular complexity index is 514. The Morgan fingerprint density at radius 3 is 2.72 bits per heavy atom. The van der Waals surface area contributed by atoms with Crippen LogP contribution in [-0.4, -0.2) is 17.3 Å². The van der Waals surface area contributed by atoms with Gasteiger partial charge in [0.1, 0.15) is 5.82 Å². The smallest absolute Gasteiger partial charge is 0.149 e. The van der Waals surface area contributed by atoms with Gasteiger partial charge >= 0.3 is 0 Å². The van der Waals surface area contributed by atoms with Gasteiger partial charge in [-0.1, -0.05) is 24.3 Å². The maximum atomic E-state index is 5.18. The van der Waals surface area contributed by atoms with Crippen molar-refractivity contribution in [3.05, 3.63) is 53.2 Å². The van der Waals surface area contributed by atoms with E-state index in [4.69, 9.17) is 4.74 Å². The lowest BCUT2D eigenvalue weighted by Crippen LogP contribution is -2.05. The predicted molar refractivity (Wildman–Crippen MR) is 71.3 cm³/mol. The lowest BCUT2D eigenvalue weighted by molar-refractivity contribution is 0.184. The summed E-state index contributed by atoms with van der Waals surface area (Å²) in [6.07, 6.45) is 1.74. The summed E-state index contributed by atoms with van der Waals surface area (Å²) in [4.78, 5) is 0. The molecular weight excluding hydrogens is 226 g/mol. The SMILES string of the molecule is COCc1ccccc1CNc1cc(C)cnn1. The highest BCUT2D eigenvalue weighted by molar-refractivity contribution is 5.37. The molecule has 0 fully saturated rings. The number of hydrogen-bond acceptors (Lipinski definition) is 4.